The van der Waals surface area contributed by atoms with E-state index in [2.05, 4.69) is 5.32 Å². The summed E-state index contributed by atoms with van der Waals surface area (Å²) in [4.78, 5) is 13.3. The van der Waals surface area contributed by atoms with Crippen LogP contribution in [0.2, 0.25) is 0 Å². The fraction of sp³-hybridized carbons (Fsp3) is 0.312. The molecule has 0 radical (unpaired) electrons. The number of halogens is 1. The molecule has 0 spiro atoms. The Morgan fingerprint density at radius 2 is 2.20 bits per heavy atom. The SMILES string of the molecule is CN(CC(=O)NC1CCSc2ccc(F)cc21)S(=O)(=O)c1cccs1. The van der Waals surface area contributed by atoms with E-state index in [9.17, 15) is 17.6 Å². The van der Waals surface area contributed by atoms with Crippen molar-refractivity contribution in [3.05, 3.63) is 47.1 Å². The average Bonchev–Trinajstić information content (AvgIpc) is 3.10. The number of rotatable bonds is 5. The number of thiophene rings is 1. The number of carbonyl (C=O) groups excluding carboxylic acids is 1. The van der Waals surface area contributed by atoms with Crippen LogP contribution in [-0.4, -0.2) is 38.0 Å². The third-order valence-corrected chi connectivity index (χ3v) is 8.17. The van der Waals surface area contributed by atoms with Gasteiger partial charge in [0.2, 0.25) is 5.91 Å². The van der Waals surface area contributed by atoms with Crippen molar-refractivity contribution in [2.75, 3.05) is 19.3 Å². The van der Waals surface area contributed by atoms with Crippen LogP contribution < -0.4 is 5.32 Å². The first kappa shape index (κ1) is 18.4. The molecule has 1 atom stereocenters. The van der Waals surface area contributed by atoms with Gasteiger partial charge in [-0.05, 0) is 41.6 Å². The fourth-order valence-corrected chi connectivity index (χ4v) is 6.04. The van der Waals surface area contributed by atoms with Gasteiger partial charge in [0.25, 0.3) is 10.0 Å². The largest absolute Gasteiger partial charge is 0.348 e. The minimum atomic E-state index is -3.67. The lowest BCUT2D eigenvalue weighted by Gasteiger charge is -2.26. The summed E-state index contributed by atoms with van der Waals surface area (Å²) in [5, 5.41) is 4.50. The van der Waals surface area contributed by atoms with Gasteiger partial charge in [0, 0.05) is 17.7 Å². The molecule has 2 heterocycles. The van der Waals surface area contributed by atoms with Gasteiger partial charge < -0.3 is 5.32 Å². The molecule has 1 aromatic heterocycles. The number of hydrogen-bond donors (Lipinski definition) is 1. The zero-order chi connectivity index (χ0) is 18.0. The van der Waals surface area contributed by atoms with E-state index in [1.54, 1.807) is 29.3 Å². The van der Waals surface area contributed by atoms with E-state index in [1.165, 1.54) is 25.2 Å². The van der Waals surface area contributed by atoms with Crippen molar-refractivity contribution in [1.82, 2.24) is 9.62 Å². The van der Waals surface area contributed by atoms with Gasteiger partial charge in [-0.25, -0.2) is 12.8 Å². The van der Waals surface area contributed by atoms with E-state index in [0.29, 0.717) is 6.42 Å². The lowest BCUT2D eigenvalue weighted by molar-refractivity contribution is -0.121. The Bertz CT molecular complexity index is 869. The van der Waals surface area contributed by atoms with E-state index in [1.807, 2.05) is 0 Å². The lowest BCUT2D eigenvalue weighted by atomic mass is 10.0. The number of hydrogen-bond acceptors (Lipinski definition) is 5. The quantitative estimate of drug-likeness (QED) is 0.838. The zero-order valence-corrected chi connectivity index (χ0v) is 15.9. The van der Waals surface area contributed by atoms with Crippen molar-refractivity contribution < 1.29 is 17.6 Å². The smallest absolute Gasteiger partial charge is 0.252 e. The number of fused-ring (bicyclic) bond motifs is 1. The molecule has 1 aliphatic rings. The molecule has 1 aliphatic heterocycles. The normalized spacial score (nSPS) is 17.3. The molecular formula is C16H17FN2O3S3. The second-order valence-electron chi connectivity index (χ2n) is 5.63. The Morgan fingerprint density at radius 3 is 2.92 bits per heavy atom. The van der Waals surface area contributed by atoms with Crippen LogP contribution in [0, 0.1) is 5.82 Å². The minimum absolute atomic E-state index is 0.198. The van der Waals surface area contributed by atoms with Crippen molar-refractivity contribution >= 4 is 39.0 Å². The summed E-state index contributed by atoms with van der Waals surface area (Å²) in [5.41, 5.74) is 0.744. The Balaban J connectivity index is 1.69. The van der Waals surface area contributed by atoms with E-state index in [-0.39, 0.29) is 22.6 Å². The Labute approximate surface area is 154 Å². The number of amides is 1. The number of carbonyl (C=O) groups is 1. The van der Waals surface area contributed by atoms with Crippen LogP contribution >= 0.6 is 23.1 Å². The van der Waals surface area contributed by atoms with E-state index < -0.39 is 15.9 Å². The first-order chi connectivity index (χ1) is 11.9. The molecule has 134 valence electrons. The summed E-state index contributed by atoms with van der Waals surface area (Å²) in [6.45, 7) is -0.283. The molecule has 1 N–H and O–H groups in total. The van der Waals surface area contributed by atoms with Gasteiger partial charge in [-0.1, -0.05) is 6.07 Å². The van der Waals surface area contributed by atoms with Crippen molar-refractivity contribution in [3.63, 3.8) is 0 Å². The van der Waals surface area contributed by atoms with Gasteiger partial charge in [-0.2, -0.15) is 4.31 Å². The zero-order valence-electron chi connectivity index (χ0n) is 13.4. The highest BCUT2D eigenvalue weighted by Crippen LogP contribution is 2.36. The van der Waals surface area contributed by atoms with Crippen LogP contribution in [0.4, 0.5) is 4.39 Å². The van der Waals surface area contributed by atoms with Gasteiger partial charge in [-0.15, -0.1) is 23.1 Å². The van der Waals surface area contributed by atoms with E-state index in [0.717, 1.165) is 31.9 Å². The van der Waals surface area contributed by atoms with Gasteiger partial charge in [-0.3, -0.25) is 4.79 Å². The average molecular weight is 401 g/mol. The van der Waals surface area contributed by atoms with Gasteiger partial charge in [0.15, 0.2) is 0 Å². The summed E-state index contributed by atoms with van der Waals surface area (Å²) in [7, 11) is -2.30. The number of sulfonamides is 1. The van der Waals surface area contributed by atoms with Crippen molar-refractivity contribution in [3.8, 4) is 0 Å². The maximum Gasteiger partial charge on any atom is 0.252 e. The van der Waals surface area contributed by atoms with Crippen molar-refractivity contribution in [2.45, 2.75) is 21.6 Å². The third kappa shape index (κ3) is 4.05. The van der Waals surface area contributed by atoms with Crippen LogP contribution in [0.1, 0.15) is 18.0 Å². The molecule has 0 bridgehead atoms. The van der Waals surface area contributed by atoms with Crippen molar-refractivity contribution in [2.24, 2.45) is 0 Å². The first-order valence-electron chi connectivity index (χ1n) is 7.59. The van der Waals surface area contributed by atoms with Crippen molar-refractivity contribution in [1.29, 1.82) is 0 Å². The summed E-state index contributed by atoms with van der Waals surface area (Å²) in [5.74, 6) is 0.0556. The van der Waals surface area contributed by atoms with Gasteiger partial charge in [0.05, 0.1) is 12.6 Å². The summed E-state index contributed by atoms with van der Waals surface area (Å²) in [6, 6.07) is 7.39. The summed E-state index contributed by atoms with van der Waals surface area (Å²) >= 11 is 2.73. The molecule has 3 rings (SSSR count). The van der Waals surface area contributed by atoms with Crippen LogP contribution in [0.5, 0.6) is 0 Å². The van der Waals surface area contributed by atoms with Crippen LogP contribution in [0.25, 0.3) is 0 Å². The molecule has 0 fully saturated rings. The highest BCUT2D eigenvalue weighted by molar-refractivity contribution is 7.99. The Kier molecular flexibility index (Phi) is 5.47. The summed E-state index contributed by atoms with van der Waals surface area (Å²) in [6.07, 6.45) is 0.675. The molecule has 1 unspecified atom stereocenters. The molecule has 1 amide bonds. The lowest BCUT2D eigenvalue weighted by Crippen LogP contribution is -2.40. The minimum Gasteiger partial charge on any atom is -0.348 e. The molecule has 5 nitrogen and oxygen atoms in total. The van der Waals surface area contributed by atoms with Crippen LogP contribution in [-0.2, 0) is 14.8 Å². The fourth-order valence-electron chi connectivity index (χ4n) is 2.61. The molecule has 0 saturated carbocycles. The monoisotopic (exact) mass is 400 g/mol. The predicted octanol–water partition coefficient (Wildman–Crippen LogP) is 2.86. The maximum absolute atomic E-state index is 13.5. The standard InChI is InChI=1S/C16H17FN2O3S3/c1-19(25(21,22)16-3-2-7-24-16)10-15(20)18-13-6-8-23-14-5-4-11(17)9-12(13)14/h2-5,7,9,13H,6,8,10H2,1H3,(H,18,20). The summed E-state index contributed by atoms with van der Waals surface area (Å²) < 4.78 is 39.5. The number of benzene rings is 1. The second kappa shape index (κ2) is 7.45. The number of likely N-dealkylation sites (N-methyl/N-ethyl adjacent to an activating group) is 1. The molecular weight excluding hydrogens is 383 g/mol. The first-order valence-corrected chi connectivity index (χ1v) is 10.9. The Morgan fingerprint density at radius 1 is 1.40 bits per heavy atom. The third-order valence-electron chi connectivity index (χ3n) is 3.87. The molecule has 2 aromatic rings. The van der Waals surface area contributed by atoms with E-state index >= 15 is 0 Å². The van der Waals surface area contributed by atoms with Crippen LogP contribution in [0.15, 0.2) is 44.8 Å². The molecule has 9 heteroatoms. The van der Waals surface area contributed by atoms with Gasteiger partial charge >= 0.3 is 0 Å². The predicted molar refractivity (Wildman–Crippen MR) is 96.8 cm³/mol. The molecule has 0 aliphatic carbocycles. The van der Waals surface area contributed by atoms with Gasteiger partial charge in [0.1, 0.15) is 10.0 Å². The number of nitrogens with zero attached hydrogens (tertiary/aromatic N) is 1. The second-order valence-corrected chi connectivity index (χ2v) is 9.99. The highest BCUT2D eigenvalue weighted by Gasteiger charge is 2.27. The number of thioether (sulfide) groups is 1. The highest BCUT2D eigenvalue weighted by atomic mass is 32.2. The van der Waals surface area contributed by atoms with E-state index in [4.69, 9.17) is 0 Å². The molecule has 0 saturated heterocycles. The molecule has 1 aromatic carbocycles. The van der Waals surface area contributed by atoms with Crippen LogP contribution in [0.3, 0.4) is 0 Å². The number of nitrogens with one attached hydrogen (secondary N) is 1. The maximum atomic E-state index is 13.5. The Hall–Kier alpha value is -1.42. The topological polar surface area (TPSA) is 66.5 Å². The molecule has 25 heavy (non-hydrogen) atoms.